The molecule has 0 amide bonds. The average molecular weight is 259 g/mol. The number of aryl methyl sites for hydroxylation is 1. The Morgan fingerprint density at radius 1 is 0.950 bits per heavy atom. The predicted octanol–water partition coefficient (Wildman–Crippen LogP) is 3.86. The van der Waals surface area contributed by atoms with E-state index in [1.807, 2.05) is 42.7 Å². The lowest BCUT2D eigenvalue weighted by Gasteiger charge is -2.09. The molecule has 3 heteroatoms. The van der Waals surface area contributed by atoms with Gasteiger partial charge in [0.25, 0.3) is 0 Å². The van der Waals surface area contributed by atoms with E-state index in [9.17, 15) is 0 Å². The molecule has 0 fully saturated rings. The second kappa shape index (κ2) is 4.17. The summed E-state index contributed by atoms with van der Waals surface area (Å²) in [7, 11) is 0. The Labute approximate surface area is 116 Å². The van der Waals surface area contributed by atoms with E-state index in [0.29, 0.717) is 0 Å². The highest BCUT2D eigenvalue weighted by molar-refractivity contribution is 5.95. The van der Waals surface area contributed by atoms with Crippen LogP contribution in [-0.4, -0.2) is 14.4 Å². The van der Waals surface area contributed by atoms with Crippen LogP contribution in [0.1, 0.15) is 5.56 Å². The van der Waals surface area contributed by atoms with E-state index < -0.39 is 0 Å². The molecule has 96 valence electrons. The van der Waals surface area contributed by atoms with E-state index in [2.05, 4.69) is 34.5 Å². The van der Waals surface area contributed by atoms with Gasteiger partial charge in [0.1, 0.15) is 11.5 Å². The van der Waals surface area contributed by atoms with E-state index >= 15 is 0 Å². The minimum Gasteiger partial charge on any atom is -0.283 e. The number of hydrogen-bond acceptors (Lipinski definition) is 2. The van der Waals surface area contributed by atoms with Crippen LogP contribution in [0.25, 0.3) is 27.9 Å². The molecule has 0 unspecified atom stereocenters. The fourth-order valence-electron chi connectivity index (χ4n) is 2.65. The van der Waals surface area contributed by atoms with Crippen molar-refractivity contribution in [2.45, 2.75) is 6.92 Å². The van der Waals surface area contributed by atoms with Crippen LogP contribution < -0.4 is 0 Å². The number of nitrogens with zero attached hydrogens (tertiary/aromatic N) is 3. The molecule has 2 aromatic carbocycles. The highest BCUT2D eigenvalue weighted by atomic mass is 15.1. The number of imidazole rings is 1. The van der Waals surface area contributed by atoms with Crippen LogP contribution in [0.5, 0.6) is 0 Å². The Kier molecular flexibility index (Phi) is 2.33. The lowest BCUT2D eigenvalue weighted by molar-refractivity contribution is 1.13. The Morgan fingerprint density at radius 3 is 2.65 bits per heavy atom. The molecule has 4 aromatic rings. The van der Waals surface area contributed by atoms with Crippen LogP contribution in [0.3, 0.4) is 0 Å². The summed E-state index contributed by atoms with van der Waals surface area (Å²) in [6.45, 7) is 2.10. The molecule has 0 radical (unpaired) electrons. The SMILES string of the molecule is Cc1cccc2nc(-c3ccccc3)n3ccnc3c12. The van der Waals surface area contributed by atoms with E-state index in [1.54, 1.807) is 0 Å². The first-order chi connectivity index (χ1) is 9.84. The highest BCUT2D eigenvalue weighted by Gasteiger charge is 2.11. The first-order valence-corrected chi connectivity index (χ1v) is 6.62. The summed E-state index contributed by atoms with van der Waals surface area (Å²) in [6, 6.07) is 16.4. The summed E-state index contributed by atoms with van der Waals surface area (Å²) in [5, 5.41) is 1.12. The first-order valence-electron chi connectivity index (χ1n) is 6.62. The van der Waals surface area contributed by atoms with Crippen molar-refractivity contribution in [1.29, 1.82) is 0 Å². The number of hydrogen-bond donors (Lipinski definition) is 0. The van der Waals surface area contributed by atoms with Crippen molar-refractivity contribution in [2.24, 2.45) is 0 Å². The molecule has 0 aliphatic carbocycles. The topological polar surface area (TPSA) is 30.2 Å². The zero-order valence-corrected chi connectivity index (χ0v) is 11.1. The standard InChI is InChI=1S/C17H13N3/c1-12-6-5-9-14-15(12)17-18-10-11-20(17)16(19-14)13-7-3-2-4-8-13/h2-11H,1H3. The lowest BCUT2D eigenvalue weighted by atomic mass is 10.1. The molecule has 0 saturated heterocycles. The molecule has 0 saturated carbocycles. The summed E-state index contributed by atoms with van der Waals surface area (Å²) in [5.74, 6) is 0.927. The molecule has 0 N–H and O–H groups in total. The van der Waals surface area contributed by atoms with Gasteiger partial charge in [0.05, 0.1) is 5.52 Å². The van der Waals surface area contributed by atoms with Gasteiger partial charge in [-0.2, -0.15) is 0 Å². The van der Waals surface area contributed by atoms with E-state index in [4.69, 9.17) is 4.98 Å². The monoisotopic (exact) mass is 259 g/mol. The van der Waals surface area contributed by atoms with Gasteiger partial charge in [0.2, 0.25) is 0 Å². The van der Waals surface area contributed by atoms with Gasteiger partial charge >= 0.3 is 0 Å². The lowest BCUT2D eigenvalue weighted by Crippen LogP contribution is -1.97. The van der Waals surface area contributed by atoms with Crippen LogP contribution >= 0.6 is 0 Å². The maximum absolute atomic E-state index is 4.83. The van der Waals surface area contributed by atoms with Gasteiger partial charge in [-0.05, 0) is 18.6 Å². The number of benzene rings is 2. The zero-order valence-electron chi connectivity index (χ0n) is 11.1. The smallest absolute Gasteiger partial charge is 0.148 e. The van der Waals surface area contributed by atoms with E-state index in [0.717, 1.165) is 27.9 Å². The fourth-order valence-corrected chi connectivity index (χ4v) is 2.65. The van der Waals surface area contributed by atoms with Crippen molar-refractivity contribution in [1.82, 2.24) is 14.4 Å². The highest BCUT2D eigenvalue weighted by Crippen LogP contribution is 2.26. The molecule has 0 spiro atoms. The summed E-state index contributed by atoms with van der Waals surface area (Å²) < 4.78 is 2.06. The van der Waals surface area contributed by atoms with Crippen LogP contribution in [0.2, 0.25) is 0 Å². The number of aromatic nitrogens is 3. The minimum atomic E-state index is 0.927. The van der Waals surface area contributed by atoms with Gasteiger partial charge in [-0.3, -0.25) is 4.40 Å². The molecule has 2 aromatic heterocycles. The molecule has 0 aliphatic rings. The van der Waals surface area contributed by atoms with Crippen LogP contribution in [0, 0.1) is 6.92 Å². The van der Waals surface area contributed by atoms with Gasteiger partial charge in [-0.1, -0.05) is 42.5 Å². The van der Waals surface area contributed by atoms with Crippen molar-refractivity contribution in [3.63, 3.8) is 0 Å². The van der Waals surface area contributed by atoms with Crippen molar-refractivity contribution in [3.8, 4) is 11.4 Å². The molecule has 2 heterocycles. The Bertz CT molecular complexity index is 907. The molecule has 0 atom stereocenters. The van der Waals surface area contributed by atoms with Gasteiger partial charge in [-0.25, -0.2) is 9.97 Å². The third-order valence-electron chi connectivity index (χ3n) is 3.60. The zero-order chi connectivity index (χ0) is 13.5. The van der Waals surface area contributed by atoms with Crippen molar-refractivity contribution in [3.05, 3.63) is 66.5 Å². The van der Waals surface area contributed by atoms with Crippen molar-refractivity contribution >= 4 is 16.6 Å². The van der Waals surface area contributed by atoms with Gasteiger partial charge < -0.3 is 0 Å². The summed E-state index contributed by atoms with van der Waals surface area (Å²) in [4.78, 5) is 9.35. The third-order valence-corrected chi connectivity index (χ3v) is 3.60. The second-order valence-corrected chi connectivity index (χ2v) is 4.89. The minimum absolute atomic E-state index is 0.927. The normalized spacial score (nSPS) is 11.2. The molecular weight excluding hydrogens is 246 g/mol. The second-order valence-electron chi connectivity index (χ2n) is 4.89. The molecule has 20 heavy (non-hydrogen) atoms. The predicted molar refractivity (Wildman–Crippen MR) is 80.7 cm³/mol. The van der Waals surface area contributed by atoms with Crippen LogP contribution in [-0.2, 0) is 0 Å². The van der Waals surface area contributed by atoms with E-state index in [1.165, 1.54) is 5.56 Å². The molecule has 0 bridgehead atoms. The Hall–Kier alpha value is -2.68. The maximum Gasteiger partial charge on any atom is 0.148 e. The van der Waals surface area contributed by atoms with Gasteiger partial charge in [-0.15, -0.1) is 0 Å². The van der Waals surface area contributed by atoms with Crippen LogP contribution in [0.15, 0.2) is 60.9 Å². The Morgan fingerprint density at radius 2 is 1.80 bits per heavy atom. The average Bonchev–Trinajstić information content (AvgIpc) is 2.96. The number of rotatable bonds is 1. The molecular formula is C17H13N3. The fraction of sp³-hybridized carbons (Fsp3) is 0.0588. The van der Waals surface area contributed by atoms with Crippen molar-refractivity contribution in [2.75, 3.05) is 0 Å². The third kappa shape index (κ3) is 1.53. The number of fused-ring (bicyclic) bond motifs is 3. The summed E-state index contributed by atoms with van der Waals surface area (Å²) >= 11 is 0. The van der Waals surface area contributed by atoms with Gasteiger partial charge in [0, 0.05) is 23.3 Å². The van der Waals surface area contributed by atoms with Crippen molar-refractivity contribution < 1.29 is 0 Å². The Balaban J connectivity index is 2.19. The molecule has 4 rings (SSSR count). The quantitative estimate of drug-likeness (QED) is 0.519. The molecule has 0 aliphatic heterocycles. The van der Waals surface area contributed by atoms with E-state index in [-0.39, 0.29) is 0 Å². The largest absolute Gasteiger partial charge is 0.283 e. The van der Waals surface area contributed by atoms with Crippen LogP contribution in [0.4, 0.5) is 0 Å². The summed E-state index contributed by atoms with van der Waals surface area (Å²) in [5.41, 5.74) is 4.25. The maximum atomic E-state index is 4.83. The summed E-state index contributed by atoms with van der Waals surface area (Å²) in [6.07, 6.45) is 3.80. The molecule has 3 nitrogen and oxygen atoms in total. The first kappa shape index (κ1) is 11.2. The van der Waals surface area contributed by atoms with Gasteiger partial charge in [0.15, 0.2) is 0 Å².